The molecule has 1 aliphatic carbocycles. The first-order chi connectivity index (χ1) is 8.67. The SMILES string of the molecule is C.C=CC1CCC(c2ccc(OC)c(F)c2F)CC1. The summed E-state index contributed by atoms with van der Waals surface area (Å²) in [6.45, 7) is 3.79. The summed E-state index contributed by atoms with van der Waals surface area (Å²) >= 11 is 0. The minimum Gasteiger partial charge on any atom is -0.494 e. The van der Waals surface area contributed by atoms with E-state index in [1.165, 1.54) is 13.2 Å². The number of hydrogen-bond donors (Lipinski definition) is 0. The predicted octanol–water partition coefficient (Wildman–Crippen LogP) is 5.07. The van der Waals surface area contributed by atoms with Crippen molar-refractivity contribution in [3.8, 4) is 5.75 Å². The number of allylic oxidation sites excluding steroid dienone is 1. The molecule has 0 N–H and O–H groups in total. The van der Waals surface area contributed by atoms with E-state index in [0.29, 0.717) is 11.5 Å². The van der Waals surface area contributed by atoms with E-state index >= 15 is 0 Å². The molecule has 1 fully saturated rings. The third-order valence-electron chi connectivity index (χ3n) is 3.84. The Morgan fingerprint density at radius 3 is 2.32 bits per heavy atom. The smallest absolute Gasteiger partial charge is 0.200 e. The van der Waals surface area contributed by atoms with E-state index in [9.17, 15) is 8.78 Å². The first-order valence-corrected chi connectivity index (χ1v) is 6.31. The second kappa shape index (κ2) is 6.69. The van der Waals surface area contributed by atoms with Crippen LogP contribution >= 0.6 is 0 Å². The summed E-state index contributed by atoms with van der Waals surface area (Å²) in [6.07, 6.45) is 5.74. The molecule has 0 radical (unpaired) electrons. The van der Waals surface area contributed by atoms with Gasteiger partial charge in [0.25, 0.3) is 0 Å². The summed E-state index contributed by atoms with van der Waals surface area (Å²) < 4.78 is 32.4. The molecule has 1 aliphatic rings. The van der Waals surface area contributed by atoms with Gasteiger partial charge >= 0.3 is 0 Å². The zero-order chi connectivity index (χ0) is 13.1. The minimum atomic E-state index is -0.874. The second-order valence-corrected chi connectivity index (χ2v) is 4.83. The maximum atomic E-state index is 13.9. The van der Waals surface area contributed by atoms with Crippen LogP contribution in [-0.4, -0.2) is 7.11 Å². The monoisotopic (exact) mass is 268 g/mol. The number of ether oxygens (including phenoxy) is 1. The van der Waals surface area contributed by atoms with Crippen LogP contribution in [0.25, 0.3) is 0 Å². The predicted molar refractivity (Wildman–Crippen MR) is 74.5 cm³/mol. The topological polar surface area (TPSA) is 9.23 Å². The van der Waals surface area contributed by atoms with Gasteiger partial charge in [-0.25, -0.2) is 4.39 Å². The van der Waals surface area contributed by atoms with Gasteiger partial charge in [-0.05, 0) is 49.1 Å². The molecule has 1 saturated carbocycles. The Hall–Kier alpha value is -1.38. The van der Waals surface area contributed by atoms with Crippen molar-refractivity contribution in [3.05, 3.63) is 42.0 Å². The van der Waals surface area contributed by atoms with Crippen molar-refractivity contribution in [1.29, 1.82) is 0 Å². The molecule has 0 aliphatic heterocycles. The van der Waals surface area contributed by atoms with Gasteiger partial charge < -0.3 is 4.74 Å². The lowest BCUT2D eigenvalue weighted by atomic mass is 9.78. The van der Waals surface area contributed by atoms with Crippen molar-refractivity contribution in [1.82, 2.24) is 0 Å². The summed E-state index contributed by atoms with van der Waals surface area (Å²) in [4.78, 5) is 0. The van der Waals surface area contributed by atoms with Crippen LogP contribution in [0.4, 0.5) is 8.78 Å². The van der Waals surface area contributed by atoms with Crippen LogP contribution in [0.1, 0.15) is 44.6 Å². The molecule has 1 aromatic rings. The maximum absolute atomic E-state index is 13.9. The zero-order valence-corrected chi connectivity index (χ0v) is 10.6. The highest BCUT2D eigenvalue weighted by Gasteiger charge is 2.25. The fraction of sp³-hybridized carbons (Fsp3) is 0.500. The van der Waals surface area contributed by atoms with Crippen molar-refractivity contribution in [3.63, 3.8) is 0 Å². The van der Waals surface area contributed by atoms with Gasteiger partial charge in [0.15, 0.2) is 11.6 Å². The van der Waals surface area contributed by atoms with Crippen LogP contribution in [0.3, 0.4) is 0 Å². The summed E-state index contributed by atoms with van der Waals surface area (Å²) in [7, 11) is 1.34. The van der Waals surface area contributed by atoms with Gasteiger partial charge in [0.05, 0.1) is 7.11 Å². The molecule has 1 nitrogen and oxygen atoms in total. The molecule has 2 rings (SSSR count). The summed E-state index contributed by atoms with van der Waals surface area (Å²) in [5.74, 6) is -1.03. The Labute approximate surface area is 114 Å². The van der Waals surface area contributed by atoms with Crippen LogP contribution in [0.5, 0.6) is 5.75 Å². The van der Waals surface area contributed by atoms with E-state index in [1.54, 1.807) is 6.07 Å². The van der Waals surface area contributed by atoms with E-state index < -0.39 is 11.6 Å². The van der Waals surface area contributed by atoms with Gasteiger partial charge in [0.1, 0.15) is 0 Å². The standard InChI is InChI=1S/C15H18F2O.CH4/c1-3-10-4-6-11(7-5-10)12-8-9-13(18-2)15(17)14(12)16;/h3,8-11H,1,4-7H2,2H3;1H4. The van der Waals surface area contributed by atoms with Crippen molar-refractivity contribution in [2.45, 2.75) is 39.0 Å². The molecular weight excluding hydrogens is 246 g/mol. The van der Waals surface area contributed by atoms with E-state index in [1.807, 2.05) is 6.08 Å². The molecule has 0 atom stereocenters. The number of hydrogen-bond acceptors (Lipinski definition) is 1. The van der Waals surface area contributed by atoms with Gasteiger partial charge in [-0.3, -0.25) is 0 Å². The van der Waals surface area contributed by atoms with Crippen molar-refractivity contribution in [2.75, 3.05) is 7.11 Å². The number of rotatable bonds is 3. The van der Waals surface area contributed by atoms with Crippen molar-refractivity contribution >= 4 is 0 Å². The van der Waals surface area contributed by atoms with Crippen LogP contribution in [0, 0.1) is 17.6 Å². The van der Waals surface area contributed by atoms with Gasteiger partial charge in [-0.1, -0.05) is 19.6 Å². The fourth-order valence-corrected chi connectivity index (χ4v) is 2.69. The maximum Gasteiger partial charge on any atom is 0.200 e. The van der Waals surface area contributed by atoms with E-state index in [-0.39, 0.29) is 19.1 Å². The average Bonchev–Trinajstić information content (AvgIpc) is 2.42. The Balaban J connectivity index is 0.00000180. The Morgan fingerprint density at radius 1 is 1.16 bits per heavy atom. The highest BCUT2D eigenvalue weighted by molar-refractivity contribution is 5.33. The van der Waals surface area contributed by atoms with Crippen LogP contribution in [0.2, 0.25) is 0 Å². The zero-order valence-electron chi connectivity index (χ0n) is 10.6. The van der Waals surface area contributed by atoms with Gasteiger partial charge in [0.2, 0.25) is 5.82 Å². The molecule has 0 unspecified atom stereocenters. The summed E-state index contributed by atoms with van der Waals surface area (Å²) in [6, 6.07) is 3.16. The second-order valence-electron chi connectivity index (χ2n) is 4.83. The lowest BCUT2D eigenvalue weighted by molar-refractivity contribution is 0.350. The first kappa shape index (κ1) is 15.7. The van der Waals surface area contributed by atoms with Gasteiger partial charge in [0, 0.05) is 0 Å². The summed E-state index contributed by atoms with van der Waals surface area (Å²) in [5.41, 5.74) is 0.482. The van der Waals surface area contributed by atoms with Crippen LogP contribution < -0.4 is 4.74 Å². The molecule has 19 heavy (non-hydrogen) atoms. The summed E-state index contributed by atoms with van der Waals surface area (Å²) in [5, 5.41) is 0. The van der Waals surface area contributed by atoms with Crippen molar-refractivity contribution in [2.24, 2.45) is 5.92 Å². The Bertz CT molecular complexity index is 435. The average molecular weight is 268 g/mol. The van der Waals surface area contributed by atoms with Crippen LogP contribution in [0.15, 0.2) is 24.8 Å². The highest BCUT2D eigenvalue weighted by atomic mass is 19.2. The van der Waals surface area contributed by atoms with Gasteiger partial charge in [-0.15, -0.1) is 6.58 Å². The molecule has 1 aromatic carbocycles. The first-order valence-electron chi connectivity index (χ1n) is 6.31. The van der Waals surface area contributed by atoms with E-state index in [4.69, 9.17) is 4.74 Å². The molecule has 106 valence electrons. The highest BCUT2D eigenvalue weighted by Crippen LogP contribution is 2.38. The van der Waals surface area contributed by atoms with Gasteiger partial charge in [-0.2, -0.15) is 4.39 Å². The lowest BCUT2D eigenvalue weighted by Gasteiger charge is -2.27. The Kier molecular flexibility index (Phi) is 5.52. The molecule has 0 amide bonds. The molecule has 3 heteroatoms. The fourth-order valence-electron chi connectivity index (χ4n) is 2.69. The lowest BCUT2D eigenvalue weighted by Crippen LogP contribution is -2.13. The van der Waals surface area contributed by atoms with Crippen LogP contribution in [-0.2, 0) is 0 Å². The van der Waals surface area contributed by atoms with Crippen molar-refractivity contribution < 1.29 is 13.5 Å². The number of halogens is 2. The molecule has 0 heterocycles. The number of methoxy groups -OCH3 is 1. The van der Waals surface area contributed by atoms with E-state index in [0.717, 1.165) is 25.7 Å². The molecular formula is C16H22F2O. The third kappa shape index (κ3) is 3.14. The quantitative estimate of drug-likeness (QED) is 0.695. The molecule has 0 spiro atoms. The number of benzene rings is 1. The van der Waals surface area contributed by atoms with E-state index in [2.05, 4.69) is 6.58 Å². The largest absolute Gasteiger partial charge is 0.494 e. The Morgan fingerprint density at radius 2 is 1.79 bits per heavy atom. The molecule has 0 aromatic heterocycles. The molecule has 0 saturated heterocycles. The molecule has 0 bridgehead atoms. The third-order valence-corrected chi connectivity index (χ3v) is 3.84. The normalized spacial score (nSPS) is 22.5. The minimum absolute atomic E-state index is 0.